The van der Waals surface area contributed by atoms with E-state index in [0.717, 1.165) is 38.5 Å². The van der Waals surface area contributed by atoms with Crippen molar-refractivity contribution in [3.05, 3.63) is 0 Å². The largest absolute Gasteiger partial charge is 0.379 e. The molecule has 3 atom stereocenters. The van der Waals surface area contributed by atoms with Gasteiger partial charge in [-0.25, -0.2) is 0 Å². The summed E-state index contributed by atoms with van der Waals surface area (Å²) >= 11 is 0. The molecule has 0 heterocycles. The summed E-state index contributed by atoms with van der Waals surface area (Å²) in [5.74, 6) is -0.767. The van der Waals surface area contributed by atoms with Crippen molar-refractivity contribution in [2.24, 2.45) is 0 Å². The molecule has 0 saturated carbocycles. The van der Waals surface area contributed by atoms with Gasteiger partial charge in [0.25, 0.3) is 20.2 Å². The Morgan fingerprint density at radius 3 is 0.964 bits per heavy atom. The summed E-state index contributed by atoms with van der Waals surface area (Å²) in [7, 11) is -8.16. The summed E-state index contributed by atoms with van der Waals surface area (Å²) in [4.78, 5) is 0. The standard InChI is InChI=1S/C41H84O13S2/c1-4-7-10-13-16-17-20-23-27-49-34-40(54-38-41(53-30-25-32-56(45,46)47)35-50-28-22-19-15-12-9-6-3)37-51-36-39(52-29-24-31-55(42,43)44)33-48-26-21-18-14-11-8-5-2/h39-41H,4-38H2,1-3H3,(H,42,43,44)(H,45,46,47). The number of hydrogen-bond donors (Lipinski definition) is 2. The maximum atomic E-state index is 11.2. The van der Waals surface area contributed by atoms with E-state index in [9.17, 15) is 16.8 Å². The Labute approximate surface area is 342 Å². The van der Waals surface area contributed by atoms with Crippen molar-refractivity contribution in [1.82, 2.24) is 0 Å². The first-order valence-electron chi connectivity index (χ1n) is 22.1. The first-order chi connectivity index (χ1) is 27.0. The SMILES string of the molecule is CCCCCCCCCCOCC(COCC(COCCCCCCCC)OCCCS(=O)(=O)O)OCC(COCCCCCCCC)OCCCS(=O)(=O)O. The van der Waals surface area contributed by atoms with Crippen LogP contribution in [-0.4, -0.2) is 128 Å². The molecule has 0 spiro atoms. The molecule has 0 radical (unpaired) electrons. The van der Waals surface area contributed by atoms with E-state index in [1.807, 2.05) is 0 Å². The van der Waals surface area contributed by atoms with Crippen LogP contribution in [0.5, 0.6) is 0 Å². The van der Waals surface area contributed by atoms with Crippen LogP contribution in [-0.2, 0) is 53.4 Å². The lowest BCUT2D eigenvalue weighted by molar-refractivity contribution is -0.121. The molecule has 0 aliphatic rings. The molecular weight excluding hydrogens is 765 g/mol. The summed E-state index contributed by atoms with van der Waals surface area (Å²) in [5, 5.41) is 0. The molecule has 0 bridgehead atoms. The molecule has 0 aliphatic carbocycles. The van der Waals surface area contributed by atoms with Crippen molar-refractivity contribution < 1.29 is 59.1 Å². The summed E-state index contributed by atoms with van der Waals surface area (Å²) in [6.45, 7) is 10.1. The Hall–Kier alpha value is -0.460. The molecule has 0 aromatic rings. The smallest absolute Gasteiger partial charge is 0.264 e. The van der Waals surface area contributed by atoms with Gasteiger partial charge < -0.3 is 33.2 Å². The van der Waals surface area contributed by atoms with E-state index < -0.39 is 38.5 Å². The van der Waals surface area contributed by atoms with E-state index in [-0.39, 0.29) is 70.6 Å². The summed E-state index contributed by atoms with van der Waals surface area (Å²) in [5.41, 5.74) is 0. The number of rotatable bonds is 46. The minimum absolute atomic E-state index is 0.125. The van der Waals surface area contributed by atoms with Gasteiger partial charge in [-0.3, -0.25) is 9.11 Å². The third kappa shape index (κ3) is 43.1. The number of unbranched alkanes of at least 4 members (excludes halogenated alkanes) is 17. The van der Waals surface area contributed by atoms with Crippen LogP contribution >= 0.6 is 0 Å². The fourth-order valence-corrected chi connectivity index (χ4v) is 6.91. The highest BCUT2D eigenvalue weighted by molar-refractivity contribution is 7.86. The van der Waals surface area contributed by atoms with Crippen molar-refractivity contribution in [3.63, 3.8) is 0 Å². The third-order valence-electron chi connectivity index (χ3n) is 9.26. The van der Waals surface area contributed by atoms with E-state index in [1.54, 1.807) is 0 Å². The van der Waals surface area contributed by atoms with Crippen LogP contribution in [0.1, 0.15) is 162 Å². The number of hydrogen-bond acceptors (Lipinski definition) is 11. The Balaban J connectivity index is 5.27. The first kappa shape index (κ1) is 55.5. The van der Waals surface area contributed by atoms with Crippen molar-refractivity contribution in [2.75, 3.05) is 84.2 Å². The van der Waals surface area contributed by atoms with Crippen LogP contribution in [0.25, 0.3) is 0 Å². The predicted molar refractivity (Wildman–Crippen MR) is 224 cm³/mol. The molecule has 15 heteroatoms. The summed E-state index contributed by atoms with van der Waals surface area (Å²) in [6, 6.07) is 0. The van der Waals surface area contributed by atoms with Gasteiger partial charge in [0.15, 0.2) is 0 Å². The third-order valence-corrected chi connectivity index (χ3v) is 10.9. The normalized spacial score (nSPS) is 14.0. The van der Waals surface area contributed by atoms with Crippen LogP contribution in [0.15, 0.2) is 0 Å². The molecule has 0 rings (SSSR count). The highest BCUT2D eigenvalue weighted by Crippen LogP contribution is 2.11. The Bertz CT molecular complexity index is 1030. The van der Waals surface area contributed by atoms with E-state index >= 15 is 0 Å². The molecule has 13 nitrogen and oxygen atoms in total. The molecule has 0 aromatic carbocycles. The second kappa shape index (κ2) is 40.0. The Morgan fingerprint density at radius 2 is 0.625 bits per heavy atom. The van der Waals surface area contributed by atoms with Gasteiger partial charge >= 0.3 is 0 Å². The van der Waals surface area contributed by atoms with Gasteiger partial charge in [0.05, 0.1) is 51.1 Å². The van der Waals surface area contributed by atoms with Gasteiger partial charge in [0.2, 0.25) is 0 Å². The lowest BCUT2D eigenvalue weighted by Gasteiger charge is -2.24. The van der Waals surface area contributed by atoms with Crippen molar-refractivity contribution in [3.8, 4) is 0 Å². The molecule has 338 valence electrons. The summed E-state index contributed by atoms with van der Waals surface area (Å²) in [6.07, 6.45) is 22.4. The second-order valence-electron chi connectivity index (χ2n) is 15.0. The quantitative estimate of drug-likeness (QED) is 0.0441. The van der Waals surface area contributed by atoms with Crippen LogP contribution in [0, 0.1) is 0 Å². The van der Waals surface area contributed by atoms with Crippen molar-refractivity contribution in [1.29, 1.82) is 0 Å². The molecule has 2 N–H and O–H groups in total. The van der Waals surface area contributed by atoms with Gasteiger partial charge in [-0.15, -0.1) is 0 Å². The molecule has 0 aliphatic heterocycles. The zero-order valence-electron chi connectivity index (χ0n) is 35.7. The van der Waals surface area contributed by atoms with Gasteiger partial charge in [0, 0.05) is 33.0 Å². The lowest BCUT2D eigenvalue weighted by atomic mass is 10.1. The molecule has 0 saturated heterocycles. The average molecular weight is 849 g/mol. The van der Waals surface area contributed by atoms with Crippen molar-refractivity contribution >= 4 is 20.2 Å². The minimum atomic E-state index is -4.08. The average Bonchev–Trinajstić information content (AvgIpc) is 3.15. The fraction of sp³-hybridized carbons (Fsp3) is 1.00. The van der Waals surface area contributed by atoms with E-state index in [4.69, 9.17) is 42.3 Å². The zero-order chi connectivity index (χ0) is 41.4. The van der Waals surface area contributed by atoms with Gasteiger partial charge in [-0.05, 0) is 32.1 Å². The monoisotopic (exact) mass is 849 g/mol. The van der Waals surface area contributed by atoms with Crippen LogP contribution in [0.2, 0.25) is 0 Å². The maximum Gasteiger partial charge on any atom is 0.264 e. The van der Waals surface area contributed by atoms with Crippen LogP contribution in [0.3, 0.4) is 0 Å². The van der Waals surface area contributed by atoms with Gasteiger partial charge in [-0.2, -0.15) is 16.8 Å². The Kier molecular flexibility index (Phi) is 39.6. The van der Waals surface area contributed by atoms with E-state index in [2.05, 4.69) is 20.8 Å². The topological polar surface area (TPSA) is 173 Å². The van der Waals surface area contributed by atoms with Gasteiger partial charge in [0.1, 0.15) is 18.3 Å². The number of ether oxygens (including phenoxy) is 7. The highest BCUT2D eigenvalue weighted by atomic mass is 32.2. The second-order valence-corrected chi connectivity index (χ2v) is 18.1. The molecule has 0 amide bonds. The summed E-state index contributed by atoms with van der Waals surface area (Å²) < 4.78 is 105. The van der Waals surface area contributed by atoms with E-state index in [0.29, 0.717) is 26.4 Å². The maximum absolute atomic E-state index is 11.2. The van der Waals surface area contributed by atoms with Gasteiger partial charge in [-0.1, -0.05) is 130 Å². The predicted octanol–water partition coefficient (Wildman–Crippen LogP) is 8.63. The van der Waals surface area contributed by atoms with Crippen LogP contribution in [0.4, 0.5) is 0 Å². The zero-order valence-corrected chi connectivity index (χ0v) is 37.3. The molecule has 0 fully saturated rings. The molecule has 3 unspecified atom stereocenters. The molecule has 56 heavy (non-hydrogen) atoms. The fourth-order valence-electron chi connectivity index (χ4n) is 5.94. The van der Waals surface area contributed by atoms with Crippen molar-refractivity contribution in [2.45, 2.75) is 180 Å². The lowest BCUT2D eigenvalue weighted by Crippen LogP contribution is -2.35. The molecular formula is C41H84O13S2. The first-order valence-corrected chi connectivity index (χ1v) is 25.3. The highest BCUT2D eigenvalue weighted by Gasteiger charge is 2.19. The van der Waals surface area contributed by atoms with Crippen LogP contribution < -0.4 is 0 Å². The molecule has 0 aromatic heterocycles. The Morgan fingerprint density at radius 1 is 0.339 bits per heavy atom. The van der Waals surface area contributed by atoms with E-state index in [1.165, 1.54) is 89.9 Å². The minimum Gasteiger partial charge on any atom is -0.379 e.